The number of halogens is 1. The van der Waals surface area contributed by atoms with Crippen LogP contribution in [0.5, 0.6) is 0 Å². The number of benzene rings is 1. The molecule has 1 aromatic carbocycles. The second-order valence-corrected chi connectivity index (χ2v) is 7.31. The maximum atomic E-state index is 12.8. The first kappa shape index (κ1) is 14.9. The van der Waals surface area contributed by atoms with Crippen LogP contribution in [-0.4, -0.2) is 22.2 Å². The highest BCUT2D eigenvalue weighted by atomic mass is 35.5. The molecule has 0 radical (unpaired) electrons. The fourth-order valence-electron chi connectivity index (χ4n) is 2.20. The van der Waals surface area contributed by atoms with Crippen molar-refractivity contribution in [2.75, 3.05) is 0 Å². The molecule has 114 valence electrons. The number of hydrogen-bond donors (Lipinski definition) is 0. The van der Waals surface area contributed by atoms with Crippen molar-refractivity contribution in [2.24, 2.45) is 7.05 Å². The van der Waals surface area contributed by atoms with Gasteiger partial charge in [-0.1, -0.05) is 29.3 Å². The molecule has 0 atom stereocenters. The SMILES string of the molecule is Cc1ccc(S(=O)(=O)n2cc(Cl)cc2-c2cnn(C)c2)cc1. The quantitative estimate of drug-likeness (QED) is 0.739. The zero-order chi connectivity index (χ0) is 15.9. The number of hydrogen-bond acceptors (Lipinski definition) is 3. The molecule has 0 aliphatic heterocycles. The normalized spacial score (nSPS) is 11.8. The predicted octanol–water partition coefficient (Wildman–Crippen LogP) is 3.09. The van der Waals surface area contributed by atoms with Crippen LogP contribution in [0.1, 0.15) is 5.56 Å². The van der Waals surface area contributed by atoms with Crippen molar-refractivity contribution in [3.8, 4) is 11.3 Å². The van der Waals surface area contributed by atoms with E-state index >= 15 is 0 Å². The summed E-state index contributed by atoms with van der Waals surface area (Å²) in [6.07, 6.45) is 4.75. The van der Waals surface area contributed by atoms with E-state index in [1.54, 1.807) is 54.5 Å². The third-order valence-corrected chi connectivity index (χ3v) is 5.23. The topological polar surface area (TPSA) is 56.9 Å². The third-order valence-electron chi connectivity index (χ3n) is 3.33. The average molecular weight is 336 g/mol. The van der Waals surface area contributed by atoms with Crippen LogP contribution in [0.3, 0.4) is 0 Å². The largest absolute Gasteiger partial charge is 0.275 e. The lowest BCUT2D eigenvalue weighted by Crippen LogP contribution is -2.13. The van der Waals surface area contributed by atoms with Crippen LogP contribution >= 0.6 is 11.6 Å². The van der Waals surface area contributed by atoms with Gasteiger partial charge in [-0.25, -0.2) is 12.4 Å². The van der Waals surface area contributed by atoms with Crippen molar-refractivity contribution in [1.29, 1.82) is 0 Å². The van der Waals surface area contributed by atoms with E-state index in [1.807, 2.05) is 6.92 Å². The van der Waals surface area contributed by atoms with E-state index < -0.39 is 10.0 Å². The lowest BCUT2D eigenvalue weighted by Gasteiger charge is -2.09. The van der Waals surface area contributed by atoms with Crippen LogP contribution in [0.4, 0.5) is 0 Å². The molecular weight excluding hydrogens is 322 g/mol. The molecule has 3 rings (SSSR count). The molecule has 0 aliphatic carbocycles. The Balaban J connectivity index is 2.17. The van der Waals surface area contributed by atoms with Gasteiger partial charge in [-0.15, -0.1) is 0 Å². The fourth-order valence-corrected chi connectivity index (χ4v) is 3.84. The molecule has 0 saturated heterocycles. The summed E-state index contributed by atoms with van der Waals surface area (Å²) in [4.78, 5) is 0.218. The van der Waals surface area contributed by atoms with E-state index in [0.29, 0.717) is 16.3 Å². The molecule has 0 unspecified atom stereocenters. The summed E-state index contributed by atoms with van der Waals surface area (Å²) in [5.74, 6) is 0. The second kappa shape index (κ2) is 5.30. The van der Waals surface area contributed by atoms with E-state index in [2.05, 4.69) is 5.10 Å². The van der Waals surface area contributed by atoms with E-state index in [0.717, 1.165) is 5.56 Å². The third kappa shape index (κ3) is 2.55. The lowest BCUT2D eigenvalue weighted by molar-refractivity contribution is 0.588. The van der Waals surface area contributed by atoms with Crippen molar-refractivity contribution < 1.29 is 8.42 Å². The molecule has 5 nitrogen and oxygen atoms in total. The summed E-state index contributed by atoms with van der Waals surface area (Å²) in [5, 5.41) is 4.43. The van der Waals surface area contributed by atoms with Gasteiger partial charge in [0.1, 0.15) is 0 Å². The first-order valence-electron chi connectivity index (χ1n) is 6.57. The van der Waals surface area contributed by atoms with Crippen molar-refractivity contribution in [3.05, 3.63) is 59.5 Å². The molecule has 0 amide bonds. The van der Waals surface area contributed by atoms with Crippen LogP contribution in [0, 0.1) is 6.92 Å². The van der Waals surface area contributed by atoms with Crippen LogP contribution < -0.4 is 0 Å². The zero-order valence-corrected chi connectivity index (χ0v) is 13.6. The Morgan fingerprint density at radius 2 is 1.82 bits per heavy atom. The molecule has 2 aromatic heterocycles. The van der Waals surface area contributed by atoms with E-state index in [9.17, 15) is 8.42 Å². The molecule has 22 heavy (non-hydrogen) atoms. The summed E-state index contributed by atoms with van der Waals surface area (Å²) in [5.41, 5.74) is 2.17. The van der Waals surface area contributed by atoms with Gasteiger partial charge in [0, 0.05) is 25.0 Å². The van der Waals surface area contributed by atoms with E-state index in [-0.39, 0.29) is 4.90 Å². The summed E-state index contributed by atoms with van der Waals surface area (Å²) >= 11 is 6.03. The highest BCUT2D eigenvalue weighted by Crippen LogP contribution is 2.28. The number of aryl methyl sites for hydroxylation is 2. The Bertz CT molecular complexity index is 924. The molecule has 0 saturated carbocycles. The Labute approximate surface area is 133 Å². The first-order valence-corrected chi connectivity index (χ1v) is 8.39. The molecule has 2 heterocycles. The Morgan fingerprint density at radius 3 is 2.41 bits per heavy atom. The van der Waals surface area contributed by atoms with Crippen molar-refractivity contribution >= 4 is 21.6 Å². The van der Waals surface area contributed by atoms with Gasteiger partial charge < -0.3 is 0 Å². The highest BCUT2D eigenvalue weighted by Gasteiger charge is 2.22. The van der Waals surface area contributed by atoms with Gasteiger partial charge in [-0.3, -0.25) is 4.68 Å². The van der Waals surface area contributed by atoms with Gasteiger partial charge in [-0.05, 0) is 25.1 Å². The Hall–Kier alpha value is -2.05. The maximum Gasteiger partial charge on any atom is 0.268 e. The van der Waals surface area contributed by atoms with Crippen LogP contribution in [0.2, 0.25) is 5.02 Å². The minimum atomic E-state index is -3.71. The van der Waals surface area contributed by atoms with E-state index in [4.69, 9.17) is 11.6 Å². The molecular formula is C15H14ClN3O2S. The first-order chi connectivity index (χ1) is 10.4. The summed E-state index contributed by atoms with van der Waals surface area (Å²) < 4.78 is 28.5. The van der Waals surface area contributed by atoms with Gasteiger partial charge >= 0.3 is 0 Å². The van der Waals surface area contributed by atoms with Crippen LogP contribution in [0.25, 0.3) is 11.3 Å². The molecule has 0 bridgehead atoms. The Morgan fingerprint density at radius 1 is 1.14 bits per heavy atom. The minimum Gasteiger partial charge on any atom is -0.275 e. The molecule has 3 aromatic rings. The van der Waals surface area contributed by atoms with Gasteiger partial charge in [0.2, 0.25) is 0 Å². The second-order valence-electron chi connectivity index (χ2n) is 5.06. The molecule has 0 spiro atoms. The fraction of sp³-hybridized carbons (Fsp3) is 0.133. The molecule has 0 N–H and O–H groups in total. The summed E-state index contributed by atoms with van der Waals surface area (Å²) in [6.45, 7) is 1.91. The monoisotopic (exact) mass is 335 g/mol. The molecule has 0 aliphatic rings. The summed E-state index contributed by atoms with van der Waals surface area (Å²) in [6, 6.07) is 8.32. The standard InChI is InChI=1S/C15H14ClN3O2S/c1-11-3-5-14(6-4-11)22(20,21)19-10-13(16)7-15(19)12-8-17-18(2)9-12/h3-10H,1-2H3. The van der Waals surface area contributed by atoms with E-state index in [1.165, 1.54) is 10.2 Å². The van der Waals surface area contributed by atoms with Gasteiger partial charge in [0.05, 0.1) is 21.8 Å². The minimum absolute atomic E-state index is 0.218. The van der Waals surface area contributed by atoms with Gasteiger partial charge in [0.15, 0.2) is 0 Å². The maximum absolute atomic E-state index is 12.8. The van der Waals surface area contributed by atoms with Gasteiger partial charge in [0.25, 0.3) is 10.0 Å². The smallest absolute Gasteiger partial charge is 0.268 e. The summed E-state index contributed by atoms with van der Waals surface area (Å²) in [7, 11) is -1.94. The number of nitrogens with zero attached hydrogens (tertiary/aromatic N) is 3. The average Bonchev–Trinajstić information content (AvgIpc) is 3.05. The predicted molar refractivity (Wildman–Crippen MR) is 85.4 cm³/mol. The van der Waals surface area contributed by atoms with Crippen molar-refractivity contribution in [3.63, 3.8) is 0 Å². The lowest BCUT2D eigenvalue weighted by atomic mass is 10.2. The highest BCUT2D eigenvalue weighted by molar-refractivity contribution is 7.90. The number of aromatic nitrogens is 3. The molecule has 7 heteroatoms. The number of rotatable bonds is 3. The van der Waals surface area contributed by atoms with Crippen LogP contribution in [-0.2, 0) is 17.1 Å². The molecule has 0 fully saturated rings. The zero-order valence-electron chi connectivity index (χ0n) is 12.1. The Kier molecular flexibility index (Phi) is 3.58. The van der Waals surface area contributed by atoms with Gasteiger partial charge in [-0.2, -0.15) is 5.10 Å². The van der Waals surface area contributed by atoms with Crippen LogP contribution in [0.15, 0.2) is 53.8 Å². The van der Waals surface area contributed by atoms with Crippen molar-refractivity contribution in [2.45, 2.75) is 11.8 Å². The van der Waals surface area contributed by atoms with Crippen molar-refractivity contribution in [1.82, 2.24) is 13.8 Å².